The Kier molecular flexibility index (Phi) is 3.99. The Labute approximate surface area is 124 Å². The molecule has 1 unspecified atom stereocenters. The Morgan fingerprint density at radius 3 is 3.10 bits per heavy atom. The van der Waals surface area contributed by atoms with Gasteiger partial charge in [-0.2, -0.15) is 0 Å². The van der Waals surface area contributed by atoms with E-state index in [-0.39, 0.29) is 11.9 Å². The van der Waals surface area contributed by atoms with Crippen LogP contribution in [0.4, 0.5) is 0 Å². The van der Waals surface area contributed by atoms with E-state index in [2.05, 4.69) is 16.2 Å². The van der Waals surface area contributed by atoms with Crippen molar-refractivity contribution in [1.82, 2.24) is 15.0 Å². The highest BCUT2D eigenvalue weighted by Gasteiger charge is 2.30. The summed E-state index contributed by atoms with van der Waals surface area (Å²) in [5.74, 6) is 0.294. The zero-order valence-corrected chi connectivity index (χ0v) is 12.2. The minimum atomic E-state index is -0.0408. The summed E-state index contributed by atoms with van der Waals surface area (Å²) >= 11 is 0. The van der Waals surface area contributed by atoms with Gasteiger partial charge in [0.05, 0.1) is 6.20 Å². The van der Waals surface area contributed by atoms with Crippen LogP contribution in [0.25, 0.3) is 0 Å². The summed E-state index contributed by atoms with van der Waals surface area (Å²) < 4.78 is 4.99. The van der Waals surface area contributed by atoms with Crippen LogP contribution in [0.2, 0.25) is 0 Å². The monoisotopic (exact) mass is 285 g/mol. The van der Waals surface area contributed by atoms with Crippen LogP contribution in [0.1, 0.15) is 41.1 Å². The fourth-order valence-corrected chi connectivity index (χ4v) is 2.96. The molecule has 1 aliphatic heterocycles. The Bertz CT molecular complexity index is 610. The van der Waals surface area contributed by atoms with Gasteiger partial charge in [-0.05, 0) is 50.3 Å². The van der Waals surface area contributed by atoms with Crippen molar-refractivity contribution in [2.24, 2.45) is 0 Å². The summed E-state index contributed by atoms with van der Waals surface area (Å²) in [6.07, 6.45) is 7.41. The maximum Gasteiger partial charge on any atom is 0.292 e. The molecule has 1 atom stereocenters. The predicted molar refractivity (Wildman–Crippen MR) is 77.9 cm³/mol. The number of rotatable bonds is 4. The van der Waals surface area contributed by atoms with Crippen LogP contribution in [-0.2, 0) is 6.42 Å². The fourth-order valence-electron chi connectivity index (χ4n) is 2.96. The van der Waals surface area contributed by atoms with Crippen LogP contribution in [0.3, 0.4) is 0 Å². The van der Waals surface area contributed by atoms with Crippen molar-refractivity contribution in [3.63, 3.8) is 0 Å². The topological polar surface area (TPSA) is 59.2 Å². The SMILES string of the molecule is Cc1cc(CCC2CCCN2C(=O)c2ccno2)ccn1. The van der Waals surface area contributed by atoms with E-state index in [0.717, 1.165) is 37.9 Å². The van der Waals surface area contributed by atoms with Crippen molar-refractivity contribution in [3.05, 3.63) is 47.6 Å². The van der Waals surface area contributed by atoms with Crippen LogP contribution < -0.4 is 0 Å². The van der Waals surface area contributed by atoms with E-state index in [4.69, 9.17) is 4.52 Å². The van der Waals surface area contributed by atoms with Gasteiger partial charge in [-0.25, -0.2) is 0 Å². The highest BCUT2D eigenvalue weighted by atomic mass is 16.5. The lowest BCUT2D eigenvalue weighted by atomic mass is 10.0. The van der Waals surface area contributed by atoms with Gasteiger partial charge in [0.15, 0.2) is 0 Å². The van der Waals surface area contributed by atoms with Crippen molar-refractivity contribution in [2.75, 3.05) is 6.54 Å². The van der Waals surface area contributed by atoms with E-state index in [9.17, 15) is 4.79 Å². The summed E-state index contributed by atoms with van der Waals surface area (Å²) in [6, 6.07) is 6.07. The molecule has 5 heteroatoms. The molecule has 110 valence electrons. The van der Waals surface area contributed by atoms with Crippen LogP contribution >= 0.6 is 0 Å². The lowest BCUT2D eigenvalue weighted by molar-refractivity contribution is 0.0688. The van der Waals surface area contributed by atoms with E-state index in [1.165, 1.54) is 11.8 Å². The largest absolute Gasteiger partial charge is 0.351 e. The van der Waals surface area contributed by atoms with Crippen LogP contribution in [0.5, 0.6) is 0 Å². The second-order valence-electron chi connectivity index (χ2n) is 5.52. The highest BCUT2D eigenvalue weighted by molar-refractivity contribution is 5.91. The van der Waals surface area contributed by atoms with Gasteiger partial charge in [0.2, 0.25) is 5.76 Å². The van der Waals surface area contributed by atoms with Gasteiger partial charge in [0.25, 0.3) is 5.91 Å². The molecule has 0 bridgehead atoms. The number of pyridine rings is 1. The van der Waals surface area contributed by atoms with Crippen LogP contribution in [0.15, 0.2) is 35.1 Å². The molecule has 1 aliphatic rings. The molecule has 3 rings (SSSR count). The fraction of sp³-hybridized carbons (Fsp3) is 0.438. The first-order chi connectivity index (χ1) is 10.2. The smallest absolute Gasteiger partial charge is 0.292 e. The average molecular weight is 285 g/mol. The lowest BCUT2D eigenvalue weighted by Crippen LogP contribution is -2.35. The van der Waals surface area contributed by atoms with Crippen LogP contribution in [0, 0.1) is 6.92 Å². The molecule has 1 amide bonds. The summed E-state index contributed by atoms with van der Waals surface area (Å²) in [7, 11) is 0. The maximum atomic E-state index is 12.4. The van der Waals surface area contributed by atoms with Gasteiger partial charge in [-0.1, -0.05) is 5.16 Å². The molecule has 0 spiro atoms. The molecular weight excluding hydrogens is 266 g/mol. The van der Waals surface area contributed by atoms with Gasteiger partial charge < -0.3 is 9.42 Å². The van der Waals surface area contributed by atoms with Crippen molar-refractivity contribution < 1.29 is 9.32 Å². The lowest BCUT2D eigenvalue weighted by Gasteiger charge is -2.23. The molecule has 1 fully saturated rings. The number of carbonyl (C=O) groups is 1. The van der Waals surface area contributed by atoms with E-state index < -0.39 is 0 Å². The third kappa shape index (κ3) is 3.12. The number of aryl methyl sites for hydroxylation is 2. The molecule has 0 N–H and O–H groups in total. The van der Waals surface area contributed by atoms with E-state index >= 15 is 0 Å². The predicted octanol–water partition coefficient (Wildman–Crippen LogP) is 2.62. The first-order valence-corrected chi connectivity index (χ1v) is 7.37. The first kappa shape index (κ1) is 13.8. The second kappa shape index (κ2) is 6.08. The van der Waals surface area contributed by atoms with Gasteiger partial charge in [0, 0.05) is 30.5 Å². The molecule has 0 aliphatic carbocycles. The summed E-state index contributed by atoms with van der Waals surface area (Å²) in [4.78, 5) is 18.5. The zero-order chi connectivity index (χ0) is 14.7. The Morgan fingerprint density at radius 2 is 2.33 bits per heavy atom. The zero-order valence-electron chi connectivity index (χ0n) is 12.2. The molecule has 5 nitrogen and oxygen atoms in total. The number of aromatic nitrogens is 2. The summed E-state index contributed by atoms with van der Waals surface area (Å²) in [5, 5.41) is 3.61. The summed E-state index contributed by atoms with van der Waals surface area (Å²) in [6.45, 7) is 2.80. The molecule has 1 saturated heterocycles. The second-order valence-corrected chi connectivity index (χ2v) is 5.52. The number of hydrogen-bond acceptors (Lipinski definition) is 4. The third-order valence-electron chi connectivity index (χ3n) is 4.01. The minimum absolute atomic E-state index is 0.0408. The van der Waals surface area contributed by atoms with Gasteiger partial charge in [0.1, 0.15) is 0 Å². The Balaban J connectivity index is 1.63. The van der Waals surface area contributed by atoms with E-state index in [0.29, 0.717) is 5.76 Å². The molecule has 0 saturated carbocycles. The van der Waals surface area contributed by atoms with Crippen molar-refractivity contribution in [3.8, 4) is 0 Å². The van der Waals surface area contributed by atoms with Crippen molar-refractivity contribution in [2.45, 2.75) is 38.6 Å². The van der Waals surface area contributed by atoms with E-state index in [1.54, 1.807) is 6.07 Å². The number of likely N-dealkylation sites (tertiary alicyclic amines) is 1. The Hall–Kier alpha value is -2.17. The molecule has 0 radical (unpaired) electrons. The number of carbonyl (C=O) groups excluding carboxylic acids is 1. The van der Waals surface area contributed by atoms with Crippen molar-refractivity contribution in [1.29, 1.82) is 0 Å². The molecule has 21 heavy (non-hydrogen) atoms. The quantitative estimate of drug-likeness (QED) is 0.866. The van der Waals surface area contributed by atoms with E-state index in [1.807, 2.05) is 24.1 Å². The van der Waals surface area contributed by atoms with Crippen LogP contribution in [-0.4, -0.2) is 33.5 Å². The molecular formula is C16H19N3O2. The molecule has 2 aromatic rings. The maximum absolute atomic E-state index is 12.4. The molecule has 0 aromatic carbocycles. The van der Waals surface area contributed by atoms with Gasteiger partial charge in [-0.3, -0.25) is 9.78 Å². The standard InChI is InChI=1S/C16H19N3O2/c1-12-11-13(6-8-17-12)4-5-14-3-2-10-19(14)16(20)15-7-9-18-21-15/h6-9,11,14H,2-5,10H2,1H3. The Morgan fingerprint density at radius 1 is 1.43 bits per heavy atom. The molecule has 2 aromatic heterocycles. The average Bonchev–Trinajstić information content (AvgIpc) is 3.16. The molecule has 3 heterocycles. The highest BCUT2D eigenvalue weighted by Crippen LogP contribution is 2.24. The van der Waals surface area contributed by atoms with Crippen molar-refractivity contribution >= 4 is 5.91 Å². The normalized spacial score (nSPS) is 18.1. The van der Waals surface area contributed by atoms with Gasteiger partial charge >= 0.3 is 0 Å². The van der Waals surface area contributed by atoms with Gasteiger partial charge in [-0.15, -0.1) is 0 Å². The first-order valence-electron chi connectivity index (χ1n) is 7.37. The third-order valence-corrected chi connectivity index (χ3v) is 4.01. The summed E-state index contributed by atoms with van der Waals surface area (Å²) in [5.41, 5.74) is 2.31. The number of nitrogens with zero attached hydrogens (tertiary/aromatic N) is 3. The minimum Gasteiger partial charge on any atom is -0.351 e. The number of hydrogen-bond donors (Lipinski definition) is 0. The number of amides is 1.